The predicted molar refractivity (Wildman–Crippen MR) is 71.9 cm³/mol. The maximum Gasteiger partial charge on any atom is 0.0735 e. The molecule has 2 aromatic rings. The fraction of sp³-hybridized carbons (Fsp3) is 0.385. The van der Waals surface area contributed by atoms with E-state index >= 15 is 0 Å². The largest absolute Gasteiger partial charge is 0.350 e. The first-order valence-corrected chi connectivity index (χ1v) is 6.66. The van der Waals surface area contributed by atoms with Gasteiger partial charge in [-0.3, -0.25) is 0 Å². The van der Waals surface area contributed by atoms with E-state index < -0.39 is 0 Å². The van der Waals surface area contributed by atoms with Gasteiger partial charge >= 0.3 is 0 Å². The van der Waals surface area contributed by atoms with Gasteiger partial charge in [0.2, 0.25) is 0 Å². The molecule has 2 rings (SSSR count). The molecule has 1 heterocycles. The van der Waals surface area contributed by atoms with Crippen molar-refractivity contribution in [3.8, 4) is 0 Å². The van der Waals surface area contributed by atoms with E-state index in [9.17, 15) is 0 Å². The van der Waals surface area contributed by atoms with Gasteiger partial charge in [-0.1, -0.05) is 25.1 Å². The molecule has 1 unspecified atom stereocenters. The van der Waals surface area contributed by atoms with Gasteiger partial charge in [0.1, 0.15) is 0 Å². The first-order valence-electron chi connectivity index (χ1n) is 5.78. The summed E-state index contributed by atoms with van der Waals surface area (Å²) < 4.78 is 0. The van der Waals surface area contributed by atoms with Gasteiger partial charge in [0.25, 0.3) is 0 Å². The van der Waals surface area contributed by atoms with E-state index in [0.29, 0.717) is 5.25 Å². The molecule has 1 aromatic heterocycles. The lowest BCUT2D eigenvalue weighted by Gasteiger charge is -2.11. The Labute approximate surface area is 101 Å². The Hall–Kier alpha value is -0.930. The van der Waals surface area contributed by atoms with Gasteiger partial charge in [-0.05, 0) is 31.5 Å². The number of rotatable bonds is 5. The summed E-state index contributed by atoms with van der Waals surface area (Å²) in [5, 5.41) is 3.16. The molecular weight excluding hydrogens is 216 g/mol. The summed E-state index contributed by atoms with van der Waals surface area (Å²) in [5.41, 5.74) is 6.83. The van der Waals surface area contributed by atoms with Gasteiger partial charge in [-0.15, -0.1) is 11.8 Å². The van der Waals surface area contributed by atoms with Crippen molar-refractivity contribution >= 4 is 22.7 Å². The summed E-state index contributed by atoms with van der Waals surface area (Å²) in [7, 11) is 0. The first-order chi connectivity index (χ1) is 7.83. The zero-order valence-corrected chi connectivity index (χ0v) is 10.4. The van der Waals surface area contributed by atoms with E-state index in [0.717, 1.165) is 19.4 Å². The third-order valence-electron chi connectivity index (χ3n) is 2.74. The average Bonchev–Trinajstić information content (AvgIpc) is 2.70. The van der Waals surface area contributed by atoms with Crippen molar-refractivity contribution in [2.75, 3.05) is 6.54 Å². The fourth-order valence-corrected chi connectivity index (χ4v) is 2.97. The second kappa shape index (κ2) is 5.41. The summed E-state index contributed by atoms with van der Waals surface area (Å²) in [4.78, 5) is 3.44. The van der Waals surface area contributed by atoms with E-state index in [2.05, 4.69) is 42.2 Å². The molecule has 0 bridgehead atoms. The van der Waals surface area contributed by atoms with Gasteiger partial charge in [-0.25, -0.2) is 0 Å². The molecule has 0 radical (unpaired) electrons. The molecule has 0 amide bonds. The van der Waals surface area contributed by atoms with Gasteiger partial charge in [0, 0.05) is 16.2 Å². The lowest BCUT2D eigenvalue weighted by molar-refractivity contribution is 0.744. The van der Waals surface area contributed by atoms with Gasteiger partial charge < -0.3 is 10.7 Å². The van der Waals surface area contributed by atoms with Gasteiger partial charge in [0.15, 0.2) is 0 Å². The van der Waals surface area contributed by atoms with Crippen LogP contribution in [0.5, 0.6) is 0 Å². The van der Waals surface area contributed by atoms with E-state index in [1.54, 1.807) is 0 Å². The minimum atomic E-state index is 0.623. The molecular formula is C13H18N2S. The number of thioether (sulfide) groups is 1. The number of hydrogen-bond acceptors (Lipinski definition) is 2. The van der Waals surface area contributed by atoms with E-state index in [-0.39, 0.29) is 0 Å². The number of aromatic nitrogens is 1. The summed E-state index contributed by atoms with van der Waals surface area (Å²) in [6, 6.07) is 10.6. The fourth-order valence-electron chi connectivity index (χ4n) is 1.82. The zero-order chi connectivity index (χ0) is 11.4. The van der Waals surface area contributed by atoms with Crippen LogP contribution >= 0.6 is 11.8 Å². The maximum atomic E-state index is 5.61. The Morgan fingerprint density at radius 2 is 2.19 bits per heavy atom. The summed E-state index contributed by atoms with van der Waals surface area (Å²) >= 11 is 1.90. The summed E-state index contributed by atoms with van der Waals surface area (Å²) in [5.74, 6) is 0. The number of fused-ring (bicyclic) bond motifs is 1. The van der Waals surface area contributed by atoms with Crippen molar-refractivity contribution in [3.63, 3.8) is 0 Å². The van der Waals surface area contributed by atoms with Crippen LogP contribution in [0.25, 0.3) is 10.9 Å². The molecule has 0 saturated carbocycles. The summed E-state index contributed by atoms with van der Waals surface area (Å²) in [6.07, 6.45) is 2.24. The SMILES string of the molecule is CCC(CCN)Sc1cc2ccccc2[nH]1. The number of benzene rings is 1. The smallest absolute Gasteiger partial charge is 0.0735 e. The number of H-pyrrole nitrogens is 1. The van der Waals surface area contributed by atoms with E-state index in [1.807, 2.05) is 11.8 Å². The maximum absolute atomic E-state index is 5.61. The monoisotopic (exact) mass is 234 g/mol. The normalized spacial score (nSPS) is 13.1. The summed E-state index contributed by atoms with van der Waals surface area (Å²) in [6.45, 7) is 2.99. The minimum Gasteiger partial charge on any atom is -0.350 e. The molecule has 0 saturated heterocycles. The van der Waals surface area contributed by atoms with Crippen LogP contribution in [0.3, 0.4) is 0 Å². The number of aromatic amines is 1. The van der Waals surface area contributed by atoms with Crippen molar-refractivity contribution in [3.05, 3.63) is 30.3 Å². The van der Waals surface area contributed by atoms with Crippen molar-refractivity contribution < 1.29 is 0 Å². The van der Waals surface area contributed by atoms with Crippen LogP contribution in [-0.4, -0.2) is 16.8 Å². The average molecular weight is 234 g/mol. The molecule has 1 aromatic carbocycles. The molecule has 1 atom stereocenters. The van der Waals surface area contributed by atoms with Crippen molar-refractivity contribution in [2.45, 2.75) is 30.0 Å². The second-order valence-corrected chi connectivity index (χ2v) is 5.29. The number of hydrogen-bond donors (Lipinski definition) is 2. The molecule has 0 fully saturated rings. The Morgan fingerprint density at radius 3 is 2.88 bits per heavy atom. The molecule has 0 aliphatic rings. The molecule has 0 aliphatic carbocycles. The van der Waals surface area contributed by atoms with E-state index in [4.69, 9.17) is 5.73 Å². The molecule has 2 nitrogen and oxygen atoms in total. The third-order valence-corrected chi connectivity index (χ3v) is 4.12. The number of nitrogens with one attached hydrogen (secondary N) is 1. The molecule has 3 N–H and O–H groups in total. The van der Waals surface area contributed by atoms with Gasteiger partial charge in [0.05, 0.1) is 5.03 Å². The zero-order valence-electron chi connectivity index (χ0n) is 9.57. The first kappa shape index (κ1) is 11.6. The Balaban J connectivity index is 2.14. The Bertz CT molecular complexity index is 417. The van der Waals surface area contributed by atoms with Crippen LogP contribution in [0, 0.1) is 0 Å². The second-order valence-electron chi connectivity index (χ2n) is 3.95. The van der Waals surface area contributed by atoms with Crippen LogP contribution in [0.1, 0.15) is 19.8 Å². The highest BCUT2D eigenvalue weighted by molar-refractivity contribution is 7.99. The topological polar surface area (TPSA) is 41.8 Å². The highest BCUT2D eigenvalue weighted by Gasteiger charge is 2.09. The van der Waals surface area contributed by atoms with Crippen molar-refractivity contribution in [1.29, 1.82) is 0 Å². The molecule has 16 heavy (non-hydrogen) atoms. The molecule has 0 spiro atoms. The van der Waals surface area contributed by atoms with Crippen LogP contribution in [0.15, 0.2) is 35.4 Å². The van der Waals surface area contributed by atoms with Crippen molar-refractivity contribution in [2.24, 2.45) is 5.73 Å². The number of para-hydroxylation sites is 1. The van der Waals surface area contributed by atoms with Crippen molar-refractivity contribution in [1.82, 2.24) is 4.98 Å². The molecule has 86 valence electrons. The highest BCUT2D eigenvalue weighted by atomic mass is 32.2. The van der Waals surface area contributed by atoms with Crippen LogP contribution in [0.2, 0.25) is 0 Å². The van der Waals surface area contributed by atoms with Crippen LogP contribution < -0.4 is 5.73 Å². The lowest BCUT2D eigenvalue weighted by Crippen LogP contribution is -2.09. The minimum absolute atomic E-state index is 0.623. The quantitative estimate of drug-likeness (QED) is 0.779. The third kappa shape index (κ3) is 2.60. The molecule has 0 aliphatic heterocycles. The lowest BCUT2D eigenvalue weighted by atomic mass is 10.2. The van der Waals surface area contributed by atoms with Crippen LogP contribution in [-0.2, 0) is 0 Å². The highest BCUT2D eigenvalue weighted by Crippen LogP contribution is 2.29. The van der Waals surface area contributed by atoms with Crippen LogP contribution in [0.4, 0.5) is 0 Å². The standard InChI is InChI=1S/C13H18N2S/c1-2-11(7-8-14)16-13-9-10-5-3-4-6-12(10)15-13/h3-6,9,11,15H,2,7-8,14H2,1H3. The van der Waals surface area contributed by atoms with Gasteiger partial charge in [-0.2, -0.15) is 0 Å². The molecule has 3 heteroatoms. The Morgan fingerprint density at radius 1 is 1.38 bits per heavy atom. The number of nitrogens with two attached hydrogens (primary N) is 1. The predicted octanol–water partition coefficient (Wildman–Crippen LogP) is 3.39. The van der Waals surface area contributed by atoms with E-state index in [1.165, 1.54) is 15.9 Å². The Kier molecular flexibility index (Phi) is 3.91.